The zero-order valence-corrected chi connectivity index (χ0v) is 17.5. The van der Waals surface area contributed by atoms with Crippen LogP contribution in [0.25, 0.3) is 10.9 Å². The van der Waals surface area contributed by atoms with Crippen molar-refractivity contribution in [2.75, 3.05) is 17.3 Å². The summed E-state index contributed by atoms with van der Waals surface area (Å²) in [6, 6.07) is 7.55. The van der Waals surface area contributed by atoms with Crippen molar-refractivity contribution in [3.05, 3.63) is 30.1 Å². The van der Waals surface area contributed by atoms with Gasteiger partial charge in [-0.25, -0.2) is 18.4 Å². The van der Waals surface area contributed by atoms with Gasteiger partial charge in [0.2, 0.25) is 5.91 Å². The Hall–Kier alpha value is -1.67. The summed E-state index contributed by atoms with van der Waals surface area (Å²) in [6.07, 6.45) is 1.32. The van der Waals surface area contributed by atoms with Crippen molar-refractivity contribution in [1.82, 2.24) is 14.9 Å². The summed E-state index contributed by atoms with van der Waals surface area (Å²) < 4.78 is 23.8. The summed E-state index contributed by atoms with van der Waals surface area (Å²) in [4.78, 5) is 23.7. The number of nitrogens with zero attached hydrogens (tertiary/aromatic N) is 3. The fourth-order valence-electron chi connectivity index (χ4n) is 3.47. The maximum atomic E-state index is 13.0. The zero-order valence-electron chi connectivity index (χ0n) is 15.9. The van der Waals surface area contributed by atoms with Gasteiger partial charge in [-0.05, 0) is 32.8 Å². The standard InChI is InChI=1S/C19H25N3O3S2/c1-4-13(2)22(15-9-10-27(24,25)12-15)18(23)11-26-19-16-7-5-6-8-17(16)20-14(3)21-19/h5-8,13,15H,4,9-12H2,1-3H3/t13-,15+/m1/s1. The molecule has 2 heterocycles. The van der Waals surface area contributed by atoms with Crippen LogP contribution in [0.3, 0.4) is 0 Å². The Labute approximate surface area is 164 Å². The molecule has 1 amide bonds. The number of benzene rings is 1. The van der Waals surface area contributed by atoms with Gasteiger partial charge in [-0.1, -0.05) is 36.9 Å². The number of para-hydroxylation sites is 1. The molecule has 6 nitrogen and oxygen atoms in total. The molecule has 3 rings (SSSR count). The SMILES string of the molecule is CC[C@@H](C)N(C(=O)CSc1nc(C)nc2ccccc12)[C@H]1CCS(=O)(=O)C1. The Bertz CT molecular complexity index is 946. The maximum Gasteiger partial charge on any atom is 0.233 e. The maximum absolute atomic E-state index is 13.0. The largest absolute Gasteiger partial charge is 0.335 e. The van der Waals surface area contributed by atoms with Crippen molar-refractivity contribution in [2.45, 2.75) is 50.7 Å². The molecule has 1 aliphatic rings. The first kappa shape index (κ1) is 20.1. The molecule has 1 saturated heterocycles. The lowest BCUT2D eigenvalue weighted by Gasteiger charge is -2.33. The van der Waals surface area contributed by atoms with E-state index in [9.17, 15) is 13.2 Å². The van der Waals surface area contributed by atoms with Crippen molar-refractivity contribution in [2.24, 2.45) is 0 Å². The first-order chi connectivity index (χ1) is 12.8. The third kappa shape index (κ3) is 4.60. The van der Waals surface area contributed by atoms with Crippen LogP contribution < -0.4 is 0 Å². The summed E-state index contributed by atoms with van der Waals surface area (Å²) in [7, 11) is -3.04. The average Bonchev–Trinajstić information content (AvgIpc) is 2.98. The smallest absolute Gasteiger partial charge is 0.233 e. The van der Waals surface area contributed by atoms with Crippen molar-refractivity contribution in [3.63, 3.8) is 0 Å². The number of thioether (sulfide) groups is 1. The van der Waals surface area contributed by atoms with E-state index in [1.54, 1.807) is 4.90 Å². The molecular weight excluding hydrogens is 382 g/mol. The number of hydrogen-bond acceptors (Lipinski definition) is 6. The van der Waals surface area contributed by atoms with Crippen LogP contribution in [0.5, 0.6) is 0 Å². The molecule has 2 atom stereocenters. The lowest BCUT2D eigenvalue weighted by atomic mass is 10.1. The molecule has 0 aliphatic carbocycles. The minimum absolute atomic E-state index is 0.0141. The van der Waals surface area contributed by atoms with Crippen LogP contribution in [0, 0.1) is 6.92 Å². The van der Waals surface area contributed by atoms with Crippen LogP contribution in [-0.2, 0) is 14.6 Å². The van der Waals surface area contributed by atoms with Gasteiger partial charge in [0.25, 0.3) is 0 Å². The van der Waals surface area contributed by atoms with E-state index in [0.717, 1.165) is 22.3 Å². The van der Waals surface area contributed by atoms with Gasteiger partial charge in [-0.2, -0.15) is 0 Å². The molecule has 0 N–H and O–H groups in total. The van der Waals surface area contributed by atoms with Crippen molar-refractivity contribution in [1.29, 1.82) is 0 Å². The molecular formula is C19H25N3O3S2. The average molecular weight is 408 g/mol. The van der Waals surface area contributed by atoms with Crippen LogP contribution in [0.2, 0.25) is 0 Å². The summed E-state index contributed by atoms with van der Waals surface area (Å²) in [5, 5.41) is 1.72. The van der Waals surface area contributed by atoms with Gasteiger partial charge in [0.15, 0.2) is 9.84 Å². The topological polar surface area (TPSA) is 80.2 Å². The van der Waals surface area contributed by atoms with Gasteiger partial charge in [0, 0.05) is 17.5 Å². The second-order valence-corrected chi connectivity index (χ2v) is 10.2. The minimum Gasteiger partial charge on any atom is -0.335 e. The Balaban J connectivity index is 1.79. The highest BCUT2D eigenvalue weighted by molar-refractivity contribution is 8.00. The number of sulfone groups is 1. The van der Waals surface area contributed by atoms with E-state index in [1.165, 1.54) is 11.8 Å². The Kier molecular flexibility index (Phi) is 6.05. The minimum atomic E-state index is -3.04. The molecule has 27 heavy (non-hydrogen) atoms. The van der Waals surface area contributed by atoms with Crippen LogP contribution >= 0.6 is 11.8 Å². The molecule has 0 spiro atoms. The lowest BCUT2D eigenvalue weighted by Crippen LogP contribution is -2.47. The number of aryl methyl sites for hydroxylation is 1. The third-order valence-electron chi connectivity index (χ3n) is 4.97. The normalized spacial score (nSPS) is 19.9. The van der Waals surface area contributed by atoms with E-state index in [4.69, 9.17) is 0 Å². The van der Waals surface area contributed by atoms with Crippen molar-refractivity contribution in [3.8, 4) is 0 Å². The fourth-order valence-corrected chi connectivity index (χ4v) is 6.12. The van der Waals surface area contributed by atoms with Gasteiger partial charge in [0.05, 0.1) is 22.8 Å². The molecule has 1 aromatic heterocycles. The highest BCUT2D eigenvalue weighted by atomic mass is 32.2. The van der Waals surface area contributed by atoms with Crippen LogP contribution in [0.1, 0.15) is 32.5 Å². The van der Waals surface area contributed by atoms with E-state index in [2.05, 4.69) is 9.97 Å². The molecule has 146 valence electrons. The number of fused-ring (bicyclic) bond motifs is 1. The van der Waals surface area contributed by atoms with Crippen LogP contribution in [0.4, 0.5) is 0 Å². The molecule has 0 bridgehead atoms. The number of hydrogen-bond donors (Lipinski definition) is 0. The summed E-state index contributed by atoms with van der Waals surface area (Å²) >= 11 is 1.40. The third-order valence-corrected chi connectivity index (χ3v) is 7.69. The number of carbonyl (C=O) groups excluding carboxylic acids is 1. The molecule has 1 aromatic carbocycles. The number of rotatable bonds is 6. The van der Waals surface area contributed by atoms with Gasteiger partial charge < -0.3 is 4.90 Å². The van der Waals surface area contributed by atoms with Gasteiger partial charge >= 0.3 is 0 Å². The fraction of sp³-hybridized carbons (Fsp3) is 0.526. The van der Waals surface area contributed by atoms with Crippen molar-refractivity contribution >= 4 is 38.4 Å². The molecule has 1 aliphatic heterocycles. The van der Waals surface area contributed by atoms with Gasteiger partial charge in [-0.15, -0.1) is 0 Å². The van der Waals surface area contributed by atoms with Crippen LogP contribution in [-0.4, -0.2) is 58.5 Å². The predicted molar refractivity (Wildman–Crippen MR) is 109 cm³/mol. The summed E-state index contributed by atoms with van der Waals surface area (Å²) in [6.45, 7) is 5.84. The van der Waals surface area contributed by atoms with E-state index < -0.39 is 9.84 Å². The number of carbonyl (C=O) groups is 1. The molecule has 0 saturated carbocycles. The lowest BCUT2D eigenvalue weighted by molar-refractivity contribution is -0.132. The van der Waals surface area contributed by atoms with Gasteiger partial charge in [-0.3, -0.25) is 4.79 Å². The second kappa shape index (κ2) is 8.14. The van der Waals surface area contributed by atoms with Gasteiger partial charge in [0.1, 0.15) is 10.9 Å². The van der Waals surface area contributed by atoms with E-state index in [1.807, 2.05) is 45.0 Å². The number of amides is 1. The second-order valence-electron chi connectivity index (χ2n) is 7.00. The Morgan fingerprint density at radius 3 is 2.74 bits per heavy atom. The molecule has 0 radical (unpaired) electrons. The highest BCUT2D eigenvalue weighted by Crippen LogP contribution is 2.27. The summed E-state index contributed by atoms with van der Waals surface area (Å²) in [5.41, 5.74) is 0.862. The molecule has 0 unspecified atom stereocenters. The van der Waals surface area contributed by atoms with Crippen molar-refractivity contribution < 1.29 is 13.2 Å². The van der Waals surface area contributed by atoms with E-state index >= 15 is 0 Å². The highest BCUT2D eigenvalue weighted by Gasteiger charge is 2.36. The first-order valence-corrected chi connectivity index (χ1v) is 12.0. The van der Waals surface area contributed by atoms with E-state index in [0.29, 0.717) is 12.2 Å². The summed E-state index contributed by atoms with van der Waals surface area (Å²) in [5.74, 6) is 1.12. The Morgan fingerprint density at radius 1 is 1.33 bits per heavy atom. The molecule has 2 aromatic rings. The first-order valence-electron chi connectivity index (χ1n) is 9.18. The Morgan fingerprint density at radius 2 is 2.07 bits per heavy atom. The quantitative estimate of drug-likeness (QED) is 0.541. The predicted octanol–water partition coefficient (Wildman–Crippen LogP) is 2.84. The van der Waals surface area contributed by atoms with Crippen LogP contribution in [0.15, 0.2) is 29.3 Å². The zero-order chi connectivity index (χ0) is 19.6. The molecule has 1 fully saturated rings. The molecule has 8 heteroatoms. The number of aromatic nitrogens is 2. The monoisotopic (exact) mass is 407 g/mol. The van der Waals surface area contributed by atoms with E-state index in [-0.39, 0.29) is 35.2 Å².